The van der Waals surface area contributed by atoms with E-state index in [4.69, 9.17) is 4.52 Å². The molecule has 18 heavy (non-hydrogen) atoms. The van der Waals surface area contributed by atoms with Crippen molar-refractivity contribution < 1.29 is 9.32 Å². The maximum atomic E-state index is 11.6. The lowest BCUT2D eigenvalue weighted by Crippen LogP contribution is -2.23. The fourth-order valence-corrected chi connectivity index (χ4v) is 1.70. The minimum atomic E-state index is -0.293. The molecule has 2 heterocycles. The molecule has 1 saturated carbocycles. The molecule has 1 amide bonds. The predicted molar refractivity (Wildman–Crippen MR) is 61.7 cm³/mol. The Bertz CT molecular complexity index is 549. The molecule has 0 saturated heterocycles. The Morgan fingerprint density at radius 1 is 1.44 bits per heavy atom. The molecule has 1 N–H and O–H groups in total. The summed E-state index contributed by atoms with van der Waals surface area (Å²) >= 11 is 0. The molecule has 6 nitrogen and oxygen atoms in total. The number of carbonyl (C=O) groups is 1. The van der Waals surface area contributed by atoms with Crippen LogP contribution in [0, 0.1) is 0 Å². The number of nitrogens with zero attached hydrogens (tertiary/aromatic N) is 3. The fraction of sp³-hybridized carbons (Fsp3) is 0.333. The quantitative estimate of drug-likeness (QED) is 0.876. The van der Waals surface area contributed by atoms with Gasteiger partial charge in [0.05, 0.1) is 18.4 Å². The summed E-state index contributed by atoms with van der Waals surface area (Å²) in [5.41, 5.74) is 1.87. The molecule has 0 aliphatic heterocycles. The first-order valence-corrected chi connectivity index (χ1v) is 5.82. The molecule has 2 aromatic rings. The molecule has 1 aliphatic carbocycles. The molecule has 92 valence electrons. The number of hydrogen-bond acceptors (Lipinski definition) is 5. The Kier molecular flexibility index (Phi) is 2.76. The third-order valence-electron chi connectivity index (χ3n) is 2.83. The van der Waals surface area contributed by atoms with Crippen molar-refractivity contribution in [1.82, 2.24) is 20.4 Å². The smallest absolute Gasteiger partial charge is 0.290 e. The molecule has 0 bridgehead atoms. The van der Waals surface area contributed by atoms with Crippen molar-refractivity contribution in [2.24, 2.45) is 0 Å². The van der Waals surface area contributed by atoms with Crippen LogP contribution in [0.4, 0.5) is 0 Å². The van der Waals surface area contributed by atoms with Gasteiger partial charge in [0.15, 0.2) is 0 Å². The largest absolute Gasteiger partial charge is 0.351 e. The van der Waals surface area contributed by atoms with Crippen molar-refractivity contribution in [3.05, 3.63) is 41.8 Å². The second-order valence-corrected chi connectivity index (χ2v) is 4.27. The topological polar surface area (TPSA) is 80.9 Å². The van der Waals surface area contributed by atoms with E-state index >= 15 is 0 Å². The highest BCUT2D eigenvalue weighted by atomic mass is 16.5. The van der Waals surface area contributed by atoms with Gasteiger partial charge in [0, 0.05) is 17.7 Å². The van der Waals surface area contributed by atoms with Crippen LogP contribution < -0.4 is 5.32 Å². The van der Waals surface area contributed by atoms with Gasteiger partial charge >= 0.3 is 0 Å². The number of aromatic nitrogens is 3. The summed E-state index contributed by atoms with van der Waals surface area (Å²) in [6, 6.07) is 3.46. The zero-order chi connectivity index (χ0) is 12.4. The Morgan fingerprint density at radius 3 is 3.06 bits per heavy atom. The van der Waals surface area contributed by atoms with E-state index in [0.717, 1.165) is 11.4 Å². The number of amides is 1. The third kappa shape index (κ3) is 2.37. The first kappa shape index (κ1) is 10.9. The summed E-state index contributed by atoms with van der Waals surface area (Å²) in [5.74, 6) is 0.488. The fourth-order valence-electron chi connectivity index (χ4n) is 1.70. The Balaban J connectivity index is 1.62. The molecule has 1 aliphatic rings. The van der Waals surface area contributed by atoms with E-state index in [9.17, 15) is 4.79 Å². The summed E-state index contributed by atoms with van der Waals surface area (Å²) in [6.07, 6.45) is 5.37. The molecule has 1 fully saturated rings. The first-order valence-electron chi connectivity index (χ1n) is 5.82. The zero-order valence-corrected chi connectivity index (χ0v) is 9.67. The Morgan fingerprint density at radius 2 is 2.33 bits per heavy atom. The highest BCUT2D eigenvalue weighted by molar-refractivity contribution is 5.91. The van der Waals surface area contributed by atoms with Crippen molar-refractivity contribution in [2.75, 3.05) is 0 Å². The van der Waals surface area contributed by atoms with Gasteiger partial charge in [0.25, 0.3) is 5.91 Å². The predicted octanol–water partition coefficient (Wildman–Crippen LogP) is 1.27. The van der Waals surface area contributed by atoms with E-state index in [1.54, 1.807) is 6.33 Å². The van der Waals surface area contributed by atoms with E-state index in [1.807, 2.05) is 6.07 Å². The minimum Gasteiger partial charge on any atom is -0.351 e. The molecule has 3 rings (SSSR count). The van der Waals surface area contributed by atoms with Crippen LogP contribution in [0.3, 0.4) is 0 Å². The number of hydrogen-bond donors (Lipinski definition) is 1. The van der Waals surface area contributed by atoms with Gasteiger partial charge in [0.2, 0.25) is 5.76 Å². The highest BCUT2D eigenvalue weighted by Crippen LogP contribution is 2.38. The molecule has 2 aromatic heterocycles. The molecule has 0 atom stereocenters. The van der Waals surface area contributed by atoms with Crippen molar-refractivity contribution in [1.29, 1.82) is 0 Å². The summed E-state index contributed by atoms with van der Waals surface area (Å²) in [4.78, 5) is 20.0. The zero-order valence-electron chi connectivity index (χ0n) is 9.67. The standard InChI is InChI=1S/C12H12N4O2/c17-12(11-3-4-16-18-11)13-6-9-5-10(8-1-2-8)15-7-14-9/h3-5,7-8H,1-2,6H2,(H,13,17). The minimum absolute atomic E-state index is 0.200. The molecule has 0 spiro atoms. The van der Waals surface area contributed by atoms with Gasteiger partial charge in [-0.05, 0) is 18.9 Å². The van der Waals surface area contributed by atoms with Crippen molar-refractivity contribution in [2.45, 2.75) is 25.3 Å². The van der Waals surface area contributed by atoms with Crippen LogP contribution in [0.5, 0.6) is 0 Å². The van der Waals surface area contributed by atoms with Gasteiger partial charge in [0.1, 0.15) is 6.33 Å². The molecule has 0 radical (unpaired) electrons. The average molecular weight is 244 g/mol. The van der Waals surface area contributed by atoms with Gasteiger partial charge in [-0.15, -0.1) is 0 Å². The Hall–Kier alpha value is -2.24. The van der Waals surface area contributed by atoms with Gasteiger partial charge in [-0.2, -0.15) is 0 Å². The molecule has 6 heteroatoms. The van der Waals surface area contributed by atoms with Crippen LogP contribution in [-0.4, -0.2) is 21.0 Å². The van der Waals surface area contributed by atoms with Gasteiger partial charge in [-0.25, -0.2) is 9.97 Å². The van der Waals surface area contributed by atoms with E-state index in [-0.39, 0.29) is 11.7 Å². The summed E-state index contributed by atoms with van der Waals surface area (Å²) in [6.45, 7) is 0.363. The lowest BCUT2D eigenvalue weighted by atomic mass is 10.2. The van der Waals surface area contributed by atoms with Crippen LogP contribution >= 0.6 is 0 Å². The number of nitrogens with one attached hydrogen (secondary N) is 1. The van der Waals surface area contributed by atoms with Crippen molar-refractivity contribution in [3.8, 4) is 0 Å². The second kappa shape index (κ2) is 4.56. The van der Waals surface area contributed by atoms with Crippen LogP contribution in [-0.2, 0) is 6.54 Å². The Labute approximate surface area is 103 Å². The summed E-state index contributed by atoms with van der Waals surface area (Å²) < 4.78 is 4.76. The average Bonchev–Trinajstić information content (AvgIpc) is 3.11. The number of carbonyl (C=O) groups excluding carboxylic acids is 1. The number of rotatable bonds is 4. The molecule has 0 unspecified atom stereocenters. The van der Waals surface area contributed by atoms with E-state index in [1.165, 1.54) is 25.1 Å². The summed E-state index contributed by atoms with van der Waals surface area (Å²) in [7, 11) is 0. The molecular formula is C12H12N4O2. The van der Waals surface area contributed by atoms with Crippen molar-refractivity contribution in [3.63, 3.8) is 0 Å². The first-order chi connectivity index (χ1) is 8.83. The van der Waals surface area contributed by atoms with Gasteiger partial charge < -0.3 is 9.84 Å². The lowest BCUT2D eigenvalue weighted by Gasteiger charge is -2.03. The van der Waals surface area contributed by atoms with Crippen LogP contribution in [0.1, 0.15) is 40.7 Å². The van der Waals surface area contributed by atoms with Gasteiger partial charge in [-0.1, -0.05) is 5.16 Å². The normalized spacial score (nSPS) is 14.4. The maximum absolute atomic E-state index is 11.6. The molecular weight excluding hydrogens is 232 g/mol. The maximum Gasteiger partial charge on any atom is 0.290 e. The van der Waals surface area contributed by atoms with E-state index < -0.39 is 0 Å². The second-order valence-electron chi connectivity index (χ2n) is 4.27. The van der Waals surface area contributed by atoms with Gasteiger partial charge in [-0.3, -0.25) is 4.79 Å². The van der Waals surface area contributed by atoms with E-state index in [2.05, 4.69) is 20.4 Å². The highest BCUT2D eigenvalue weighted by Gasteiger charge is 2.25. The lowest BCUT2D eigenvalue weighted by molar-refractivity contribution is 0.0913. The summed E-state index contributed by atoms with van der Waals surface area (Å²) in [5, 5.41) is 6.21. The van der Waals surface area contributed by atoms with Crippen LogP contribution in [0.2, 0.25) is 0 Å². The SMILES string of the molecule is O=C(NCc1cc(C2CC2)ncn1)c1ccno1. The van der Waals surface area contributed by atoms with Crippen LogP contribution in [0.25, 0.3) is 0 Å². The van der Waals surface area contributed by atoms with Crippen molar-refractivity contribution >= 4 is 5.91 Å². The third-order valence-corrected chi connectivity index (χ3v) is 2.83. The van der Waals surface area contributed by atoms with E-state index in [0.29, 0.717) is 12.5 Å². The van der Waals surface area contributed by atoms with Crippen LogP contribution in [0.15, 0.2) is 29.2 Å². The molecule has 0 aromatic carbocycles. The monoisotopic (exact) mass is 244 g/mol.